The molecule has 1 fully saturated rings. The molecule has 2 rings (SSSR count). The topological polar surface area (TPSA) is 84.1 Å². The summed E-state index contributed by atoms with van der Waals surface area (Å²) in [6.45, 7) is 2.56. The van der Waals surface area contributed by atoms with Gasteiger partial charge in [0.25, 0.3) is 0 Å². The maximum atomic E-state index is 11.9. The summed E-state index contributed by atoms with van der Waals surface area (Å²) in [5.74, 6) is 0.749. The van der Waals surface area contributed by atoms with Gasteiger partial charge in [-0.2, -0.15) is 0 Å². The summed E-state index contributed by atoms with van der Waals surface area (Å²) in [6.07, 6.45) is 5.32. The number of carbonyl (C=O) groups is 1. The van der Waals surface area contributed by atoms with E-state index in [1.54, 1.807) is 12.4 Å². The highest BCUT2D eigenvalue weighted by atomic mass is 79.9. The van der Waals surface area contributed by atoms with Crippen LogP contribution in [0.3, 0.4) is 0 Å². The number of nitrogens with zero attached hydrogens (tertiary/aromatic N) is 3. The fraction of sp³-hybridized carbons (Fsp3) is 0.583. The SMILES string of the molecule is NCCNC(=O)C1CCCN(c2ncc(Br)cn2)C1. The Morgan fingerprint density at radius 2 is 2.26 bits per heavy atom. The Kier molecular flexibility index (Phi) is 5.09. The number of aromatic nitrogens is 2. The zero-order valence-electron chi connectivity index (χ0n) is 10.7. The standard InChI is InChI=1S/C12H18BrN5O/c13-10-6-16-12(17-7-10)18-5-1-2-9(8-18)11(19)15-4-3-14/h6-7,9H,1-5,8,14H2,(H,15,19). The summed E-state index contributed by atoms with van der Waals surface area (Å²) in [6, 6.07) is 0. The van der Waals surface area contributed by atoms with Gasteiger partial charge in [0, 0.05) is 38.6 Å². The lowest BCUT2D eigenvalue weighted by Crippen LogP contribution is -2.44. The Morgan fingerprint density at radius 3 is 2.95 bits per heavy atom. The van der Waals surface area contributed by atoms with Crippen molar-refractivity contribution in [3.05, 3.63) is 16.9 Å². The normalized spacial score (nSPS) is 19.3. The van der Waals surface area contributed by atoms with Crippen LogP contribution >= 0.6 is 15.9 Å². The molecule has 1 saturated heterocycles. The van der Waals surface area contributed by atoms with Crippen LogP contribution in [0, 0.1) is 5.92 Å². The van der Waals surface area contributed by atoms with Crippen molar-refractivity contribution in [3.63, 3.8) is 0 Å². The minimum absolute atomic E-state index is 0.00690. The van der Waals surface area contributed by atoms with E-state index < -0.39 is 0 Å². The number of amides is 1. The monoisotopic (exact) mass is 327 g/mol. The van der Waals surface area contributed by atoms with Gasteiger partial charge in [-0.3, -0.25) is 4.79 Å². The lowest BCUT2D eigenvalue weighted by atomic mass is 9.97. The van der Waals surface area contributed by atoms with Gasteiger partial charge in [-0.1, -0.05) is 0 Å². The summed E-state index contributed by atoms with van der Waals surface area (Å²) < 4.78 is 0.852. The van der Waals surface area contributed by atoms with E-state index >= 15 is 0 Å². The molecule has 19 heavy (non-hydrogen) atoms. The molecule has 1 atom stereocenters. The van der Waals surface area contributed by atoms with Crippen molar-refractivity contribution >= 4 is 27.8 Å². The number of nitrogens with two attached hydrogens (primary N) is 1. The predicted molar refractivity (Wildman–Crippen MR) is 76.7 cm³/mol. The number of hydrogen-bond acceptors (Lipinski definition) is 5. The summed E-state index contributed by atoms with van der Waals surface area (Å²) in [5.41, 5.74) is 5.39. The number of nitrogens with one attached hydrogen (secondary N) is 1. The largest absolute Gasteiger partial charge is 0.355 e. The van der Waals surface area contributed by atoms with E-state index in [0.717, 1.165) is 23.9 Å². The molecule has 0 aliphatic carbocycles. The molecular weight excluding hydrogens is 310 g/mol. The quantitative estimate of drug-likeness (QED) is 0.842. The first-order chi connectivity index (χ1) is 9.20. The first kappa shape index (κ1) is 14.2. The fourth-order valence-electron chi connectivity index (χ4n) is 2.18. The number of hydrogen-bond donors (Lipinski definition) is 2. The van der Waals surface area contributed by atoms with E-state index in [9.17, 15) is 4.79 Å². The van der Waals surface area contributed by atoms with E-state index in [-0.39, 0.29) is 11.8 Å². The average molecular weight is 328 g/mol. The number of anilines is 1. The first-order valence-corrected chi connectivity index (χ1v) is 7.20. The van der Waals surface area contributed by atoms with Gasteiger partial charge in [-0.05, 0) is 28.8 Å². The molecule has 6 nitrogen and oxygen atoms in total. The Labute approximate surface area is 120 Å². The van der Waals surface area contributed by atoms with Crippen molar-refractivity contribution < 1.29 is 4.79 Å². The molecule has 0 bridgehead atoms. The predicted octanol–water partition coefficient (Wildman–Crippen LogP) is 0.530. The second-order valence-corrected chi connectivity index (χ2v) is 5.48. The molecule has 3 N–H and O–H groups in total. The van der Waals surface area contributed by atoms with Crippen molar-refractivity contribution in [1.29, 1.82) is 0 Å². The van der Waals surface area contributed by atoms with Gasteiger partial charge < -0.3 is 16.0 Å². The molecule has 7 heteroatoms. The molecule has 104 valence electrons. The zero-order valence-corrected chi connectivity index (χ0v) is 12.3. The molecule has 0 spiro atoms. The van der Waals surface area contributed by atoms with Gasteiger partial charge in [0.1, 0.15) is 0 Å². The second kappa shape index (κ2) is 6.81. The van der Waals surface area contributed by atoms with Crippen LogP contribution in [0.25, 0.3) is 0 Å². The van der Waals surface area contributed by atoms with E-state index in [0.29, 0.717) is 25.6 Å². The van der Waals surface area contributed by atoms with Gasteiger partial charge in [0.2, 0.25) is 11.9 Å². The maximum absolute atomic E-state index is 11.9. The fourth-order valence-corrected chi connectivity index (χ4v) is 2.39. The zero-order chi connectivity index (χ0) is 13.7. The average Bonchev–Trinajstić information content (AvgIpc) is 2.45. The van der Waals surface area contributed by atoms with Crippen LogP contribution in [0.5, 0.6) is 0 Å². The Morgan fingerprint density at radius 1 is 1.53 bits per heavy atom. The Hall–Kier alpha value is -1.21. The minimum Gasteiger partial charge on any atom is -0.355 e. The van der Waals surface area contributed by atoms with Crippen LogP contribution in [-0.2, 0) is 4.79 Å². The highest BCUT2D eigenvalue weighted by molar-refractivity contribution is 9.10. The highest BCUT2D eigenvalue weighted by Crippen LogP contribution is 2.20. The van der Waals surface area contributed by atoms with Crippen molar-refractivity contribution in [2.75, 3.05) is 31.1 Å². The molecule has 0 aromatic carbocycles. The second-order valence-electron chi connectivity index (χ2n) is 4.57. The van der Waals surface area contributed by atoms with E-state index in [2.05, 4.69) is 36.1 Å². The van der Waals surface area contributed by atoms with E-state index in [4.69, 9.17) is 5.73 Å². The Balaban J connectivity index is 1.96. The lowest BCUT2D eigenvalue weighted by molar-refractivity contribution is -0.125. The van der Waals surface area contributed by atoms with Gasteiger partial charge in [-0.25, -0.2) is 9.97 Å². The molecule has 1 aliphatic heterocycles. The van der Waals surface area contributed by atoms with Gasteiger partial charge in [0.05, 0.1) is 10.4 Å². The summed E-state index contributed by atoms with van der Waals surface area (Å²) in [4.78, 5) is 22.6. The third-order valence-corrected chi connectivity index (χ3v) is 3.53. The molecule has 1 amide bonds. The lowest BCUT2D eigenvalue weighted by Gasteiger charge is -2.31. The smallest absolute Gasteiger partial charge is 0.225 e. The summed E-state index contributed by atoms with van der Waals surface area (Å²) in [7, 11) is 0. The number of halogens is 1. The molecule has 1 aromatic heterocycles. The van der Waals surface area contributed by atoms with Crippen LogP contribution in [0.2, 0.25) is 0 Å². The van der Waals surface area contributed by atoms with Gasteiger partial charge in [-0.15, -0.1) is 0 Å². The molecular formula is C12H18BrN5O. The van der Waals surface area contributed by atoms with Crippen molar-refractivity contribution in [3.8, 4) is 0 Å². The number of piperidine rings is 1. The van der Waals surface area contributed by atoms with E-state index in [1.807, 2.05) is 0 Å². The summed E-state index contributed by atoms with van der Waals surface area (Å²) >= 11 is 3.31. The highest BCUT2D eigenvalue weighted by Gasteiger charge is 2.26. The maximum Gasteiger partial charge on any atom is 0.225 e. The van der Waals surface area contributed by atoms with Crippen LogP contribution in [0.1, 0.15) is 12.8 Å². The van der Waals surface area contributed by atoms with Crippen LogP contribution in [0.15, 0.2) is 16.9 Å². The molecule has 1 unspecified atom stereocenters. The van der Waals surface area contributed by atoms with Crippen LogP contribution in [-0.4, -0.2) is 42.1 Å². The first-order valence-electron chi connectivity index (χ1n) is 6.41. The van der Waals surface area contributed by atoms with Crippen molar-refractivity contribution in [2.45, 2.75) is 12.8 Å². The molecule has 2 heterocycles. The Bertz CT molecular complexity index is 425. The summed E-state index contributed by atoms with van der Waals surface area (Å²) in [5, 5.41) is 2.84. The van der Waals surface area contributed by atoms with Crippen LogP contribution in [0.4, 0.5) is 5.95 Å². The van der Waals surface area contributed by atoms with Crippen molar-refractivity contribution in [1.82, 2.24) is 15.3 Å². The number of rotatable bonds is 4. The molecule has 1 aromatic rings. The molecule has 0 radical (unpaired) electrons. The van der Waals surface area contributed by atoms with Gasteiger partial charge in [0.15, 0.2) is 0 Å². The van der Waals surface area contributed by atoms with Gasteiger partial charge >= 0.3 is 0 Å². The van der Waals surface area contributed by atoms with E-state index in [1.165, 1.54) is 0 Å². The van der Waals surface area contributed by atoms with Crippen LogP contribution < -0.4 is 16.0 Å². The third-order valence-electron chi connectivity index (χ3n) is 3.13. The third kappa shape index (κ3) is 3.87. The molecule has 0 saturated carbocycles. The minimum atomic E-state index is -0.00690. The molecule has 1 aliphatic rings. The van der Waals surface area contributed by atoms with Crippen molar-refractivity contribution in [2.24, 2.45) is 11.7 Å². The number of carbonyl (C=O) groups excluding carboxylic acids is 1.